The Hall–Kier alpha value is -4.09. The van der Waals surface area contributed by atoms with Crippen LogP contribution in [0.5, 0.6) is 17.2 Å². The Balaban J connectivity index is 1.30. The maximum atomic E-state index is 15.1. The number of ether oxygens (including phenoxy) is 3. The maximum absolute atomic E-state index is 15.1. The summed E-state index contributed by atoms with van der Waals surface area (Å²) in [6, 6.07) is 11.5. The van der Waals surface area contributed by atoms with Crippen LogP contribution in [0, 0.1) is 18.2 Å². The van der Waals surface area contributed by atoms with Crippen molar-refractivity contribution in [3.05, 3.63) is 81.8 Å². The Morgan fingerprint density at radius 3 is 2.74 bits per heavy atom. The Bertz CT molecular complexity index is 1440. The van der Waals surface area contributed by atoms with E-state index in [4.69, 9.17) is 25.4 Å². The second kappa shape index (κ2) is 11.5. The molecular weight excluding hydrogens is 507 g/mol. The van der Waals surface area contributed by atoms with Crippen LogP contribution in [0.1, 0.15) is 33.9 Å². The van der Waals surface area contributed by atoms with Gasteiger partial charge in [0.1, 0.15) is 36.1 Å². The summed E-state index contributed by atoms with van der Waals surface area (Å²) in [5.41, 5.74) is 6.78. The van der Waals surface area contributed by atoms with Crippen LogP contribution in [0.2, 0.25) is 0 Å². The number of nitrogens with two attached hydrogens (primary N) is 1. The maximum Gasteiger partial charge on any atom is 0.166 e. The van der Waals surface area contributed by atoms with Crippen molar-refractivity contribution < 1.29 is 18.6 Å². The first-order chi connectivity index (χ1) is 18.5. The molecule has 38 heavy (non-hydrogen) atoms. The molecule has 1 saturated heterocycles. The summed E-state index contributed by atoms with van der Waals surface area (Å²) < 4.78 is 32.1. The van der Waals surface area contributed by atoms with E-state index in [0.717, 1.165) is 22.7 Å². The molecule has 2 aromatic heterocycles. The molecule has 0 amide bonds. The number of benzene rings is 2. The zero-order chi connectivity index (χ0) is 26.5. The summed E-state index contributed by atoms with van der Waals surface area (Å²) in [7, 11) is 0. The van der Waals surface area contributed by atoms with Crippen molar-refractivity contribution in [2.75, 3.05) is 24.3 Å². The van der Waals surface area contributed by atoms with Crippen molar-refractivity contribution >= 4 is 28.7 Å². The van der Waals surface area contributed by atoms with Gasteiger partial charge in [-0.1, -0.05) is 6.07 Å². The number of halogens is 1. The van der Waals surface area contributed by atoms with Crippen LogP contribution in [-0.2, 0) is 11.3 Å². The van der Waals surface area contributed by atoms with Crippen LogP contribution >= 0.6 is 11.3 Å². The first-order valence-electron chi connectivity index (χ1n) is 12.1. The van der Waals surface area contributed by atoms with Crippen LogP contribution in [0.4, 0.5) is 16.0 Å². The zero-order valence-corrected chi connectivity index (χ0v) is 21.6. The lowest BCUT2D eigenvalue weighted by Crippen LogP contribution is -2.29. The van der Waals surface area contributed by atoms with Gasteiger partial charge in [0.05, 0.1) is 21.2 Å². The number of thiazole rings is 1. The van der Waals surface area contributed by atoms with Crippen molar-refractivity contribution in [1.29, 1.82) is 5.41 Å². The Morgan fingerprint density at radius 1 is 1.16 bits per heavy atom. The summed E-state index contributed by atoms with van der Waals surface area (Å²) in [4.78, 5) is 13.6. The summed E-state index contributed by atoms with van der Waals surface area (Å²) in [5.74, 6) is 1.01. The summed E-state index contributed by atoms with van der Waals surface area (Å²) in [6.45, 7) is 3.63. The summed E-state index contributed by atoms with van der Waals surface area (Å²) in [5, 5.41) is 13.1. The number of aryl methyl sites for hydroxylation is 1. The van der Waals surface area contributed by atoms with Gasteiger partial charge >= 0.3 is 0 Å². The molecule has 1 fully saturated rings. The molecule has 2 aromatic carbocycles. The van der Waals surface area contributed by atoms with Crippen LogP contribution in [0.3, 0.4) is 0 Å². The van der Waals surface area contributed by atoms with Gasteiger partial charge < -0.3 is 25.3 Å². The topological polar surface area (TPSA) is 128 Å². The van der Waals surface area contributed by atoms with E-state index in [2.05, 4.69) is 20.3 Å². The monoisotopic (exact) mass is 534 g/mol. The predicted octanol–water partition coefficient (Wildman–Crippen LogP) is 5.34. The van der Waals surface area contributed by atoms with Crippen molar-refractivity contribution in [2.45, 2.75) is 32.4 Å². The molecule has 3 heterocycles. The fourth-order valence-electron chi connectivity index (χ4n) is 4.05. The van der Waals surface area contributed by atoms with Crippen LogP contribution in [0.25, 0.3) is 0 Å². The van der Waals surface area contributed by atoms with Gasteiger partial charge in [0, 0.05) is 37.1 Å². The fraction of sp³-hybridized carbons (Fsp3) is 0.259. The molecule has 0 radical (unpaired) electrons. The Labute approximate surface area is 223 Å². The van der Waals surface area contributed by atoms with E-state index in [0.29, 0.717) is 48.3 Å². The quantitative estimate of drug-likeness (QED) is 0.246. The second-order valence-electron chi connectivity index (χ2n) is 8.74. The lowest BCUT2D eigenvalue weighted by molar-refractivity contribution is 0.0904. The average Bonchev–Trinajstić information content (AvgIpc) is 3.34. The van der Waals surface area contributed by atoms with Gasteiger partial charge in [-0.05, 0) is 50.1 Å². The number of hydrogen-bond acceptors (Lipinski definition) is 10. The molecule has 1 aliphatic rings. The van der Waals surface area contributed by atoms with Crippen molar-refractivity contribution in [3.63, 3.8) is 0 Å². The predicted molar refractivity (Wildman–Crippen MR) is 144 cm³/mol. The normalized spacial score (nSPS) is 13.7. The van der Waals surface area contributed by atoms with Gasteiger partial charge in [0.2, 0.25) is 0 Å². The minimum atomic E-state index is -0.618. The van der Waals surface area contributed by atoms with E-state index in [1.165, 1.54) is 18.5 Å². The lowest BCUT2D eigenvalue weighted by Gasteiger charge is -2.25. The highest BCUT2D eigenvalue weighted by Gasteiger charge is 2.21. The number of hydrogen-bond donors (Lipinski definition) is 3. The minimum absolute atomic E-state index is 0.0109. The fourth-order valence-corrected chi connectivity index (χ4v) is 4.76. The first kappa shape index (κ1) is 25.6. The largest absolute Gasteiger partial charge is 0.488 e. The van der Waals surface area contributed by atoms with Gasteiger partial charge in [-0.2, -0.15) is 0 Å². The van der Waals surface area contributed by atoms with E-state index < -0.39 is 5.82 Å². The van der Waals surface area contributed by atoms with Crippen LogP contribution in [0.15, 0.2) is 55.0 Å². The molecule has 196 valence electrons. The molecule has 4 aromatic rings. The summed E-state index contributed by atoms with van der Waals surface area (Å²) >= 11 is 1.57. The highest BCUT2D eigenvalue weighted by Crippen LogP contribution is 2.30. The van der Waals surface area contributed by atoms with Gasteiger partial charge in [-0.25, -0.2) is 19.3 Å². The van der Waals surface area contributed by atoms with Gasteiger partial charge in [0.15, 0.2) is 11.6 Å². The molecule has 0 saturated carbocycles. The zero-order valence-electron chi connectivity index (χ0n) is 20.7. The SMILES string of the molecule is Cc1ncc(COc2cccc(Oc3ccc(C(=N)c4c(N)ncnc4NC4CCOCC4)cc3F)c2)s1. The Kier molecular flexibility index (Phi) is 7.75. The smallest absolute Gasteiger partial charge is 0.166 e. The number of nitrogen functional groups attached to an aromatic ring is 1. The number of nitrogens with one attached hydrogen (secondary N) is 2. The molecule has 1 aliphatic heterocycles. The third kappa shape index (κ3) is 6.06. The first-order valence-corrected chi connectivity index (χ1v) is 12.9. The third-order valence-corrected chi connectivity index (χ3v) is 6.88. The summed E-state index contributed by atoms with van der Waals surface area (Å²) in [6.07, 6.45) is 4.76. The molecule has 9 nitrogen and oxygen atoms in total. The molecule has 4 N–H and O–H groups in total. The number of aromatic nitrogens is 3. The van der Waals surface area contributed by atoms with Gasteiger partial charge in [-0.15, -0.1) is 11.3 Å². The lowest BCUT2D eigenvalue weighted by atomic mass is 10.0. The number of anilines is 2. The highest BCUT2D eigenvalue weighted by molar-refractivity contribution is 7.11. The van der Waals surface area contributed by atoms with Crippen molar-refractivity contribution in [1.82, 2.24) is 15.0 Å². The van der Waals surface area contributed by atoms with Crippen molar-refractivity contribution in [2.24, 2.45) is 0 Å². The average molecular weight is 535 g/mol. The van der Waals surface area contributed by atoms with Gasteiger partial charge in [0.25, 0.3) is 0 Å². The molecule has 0 spiro atoms. The van der Waals surface area contributed by atoms with Gasteiger partial charge in [-0.3, -0.25) is 5.41 Å². The number of rotatable bonds is 9. The van der Waals surface area contributed by atoms with E-state index in [-0.39, 0.29) is 23.3 Å². The standard InChI is InChI=1S/C27H27FN6O3S/c1-16-31-13-21(38-16)14-36-19-3-2-4-20(12-19)37-23-6-5-17(11-22(23)28)25(29)24-26(30)32-15-33-27(24)34-18-7-9-35-10-8-18/h2-6,11-13,15,18,29H,7-10,14H2,1H3,(H3,30,32,33,34). The van der Waals surface area contributed by atoms with E-state index in [9.17, 15) is 0 Å². The second-order valence-corrected chi connectivity index (χ2v) is 10.1. The molecular formula is C27H27FN6O3S. The third-order valence-electron chi connectivity index (χ3n) is 5.99. The van der Waals surface area contributed by atoms with E-state index >= 15 is 4.39 Å². The highest BCUT2D eigenvalue weighted by atomic mass is 32.1. The molecule has 0 bridgehead atoms. The van der Waals surface area contributed by atoms with Crippen molar-refractivity contribution in [3.8, 4) is 17.2 Å². The molecule has 0 aliphatic carbocycles. The van der Waals surface area contributed by atoms with E-state index in [1.807, 2.05) is 6.92 Å². The van der Waals surface area contributed by atoms with Crippen LogP contribution in [-0.4, -0.2) is 39.9 Å². The molecule has 11 heteroatoms. The minimum Gasteiger partial charge on any atom is -0.488 e. The van der Waals surface area contributed by atoms with E-state index in [1.54, 1.807) is 47.9 Å². The molecule has 0 unspecified atom stereocenters. The van der Waals surface area contributed by atoms with Crippen LogP contribution < -0.4 is 20.5 Å². The molecule has 0 atom stereocenters. The Morgan fingerprint density at radius 2 is 1.97 bits per heavy atom. The molecule has 5 rings (SSSR count). The number of nitrogens with zero attached hydrogens (tertiary/aromatic N) is 3.